The Morgan fingerprint density at radius 1 is 0.905 bits per heavy atom. The fourth-order valence-corrected chi connectivity index (χ4v) is 3.85. The smallest absolute Gasteiger partial charge is 0.363 e. The molecule has 1 saturated heterocycles. The molecular weight excluding hydrogens is 324 g/mol. The highest BCUT2D eigenvalue weighted by molar-refractivity contribution is 8.21. The van der Waals surface area contributed by atoms with E-state index in [9.17, 15) is 29.4 Å². The predicted molar refractivity (Wildman–Crippen MR) is 72.7 cm³/mol. The molecule has 0 aromatic carbocycles. The molecular formula is C11H14O8S2. The van der Waals surface area contributed by atoms with E-state index in [-0.39, 0.29) is 0 Å². The molecule has 2 atom stereocenters. The van der Waals surface area contributed by atoms with Crippen LogP contribution in [0.25, 0.3) is 0 Å². The van der Waals surface area contributed by atoms with Gasteiger partial charge in [0.1, 0.15) is 35.3 Å². The van der Waals surface area contributed by atoms with Crippen LogP contribution in [-0.4, -0.2) is 49.0 Å². The number of hydrogen-bond donors (Lipinski definition) is 2. The number of thioether (sulfide) groups is 2. The number of carbonyl (C=O) groups is 4. The van der Waals surface area contributed by atoms with Crippen molar-refractivity contribution < 1.29 is 38.9 Å². The summed E-state index contributed by atoms with van der Waals surface area (Å²) < 4.78 is 7.77. The van der Waals surface area contributed by atoms with Crippen LogP contribution in [0.5, 0.6) is 0 Å². The molecule has 0 aromatic heterocycles. The number of rotatable bonds is 6. The number of aliphatic hydroxyl groups is 2. The average molecular weight is 338 g/mol. The van der Waals surface area contributed by atoms with Crippen LogP contribution in [-0.2, 0) is 28.7 Å². The number of ether oxygens (including phenoxy) is 2. The van der Waals surface area contributed by atoms with Crippen molar-refractivity contribution in [3.05, 3.63) is 0 Å². The number of aliphatic hydroxyl groups excluding tert-OH is 2. The summed E-state index contributed by atoms with van der Waals surface area (Å²) in [6.07, 6.45) is -1.08. The predicted octanol–water partition coefficient (Wildman–Crippen LogP) is -0.241. The summed E-state index contributed by atoms with van der Waals surface area (Å²) in [5.41, 5.74) is -2.71. The van der Waals surface area contributed by atoms with E-state index in [2.05, 4.69) is 0 Å². The lowest BCUT2D eigenvalue weighted by atomic mass is 10.3. The third kappa shape index (κ3) is 5.65. The maximum atomic E-state index is 11.5. The second-order valence-corrected chi connectivity index (χ2v) is 6.99. The molecule has 2 unspecified atom stereocenters. The van der Waals surface area contributed by atoms with Gasteiger partial charge in [-0.15, -0.1) is 0 Å². The fourth-order valence-electron chi connectivity index (χ4n) is 1.31. The topological polar surface area (TPSA) is 127 Å². The highest BCUT2D eigenvalue weighted by Gasteiger charge is 2.53. The minimum Gasteiger partial charge on any atom is -0.403 e. The molecule has 1 heterocycles. The van der Waals surface area contributed by atoms with Crippen molar-refractivity contribution in [3.63, 3.8) is 0 Å². The zero-order valence-electron chi connectivity index (χ0n) is 11.2. The normalized spacial score (nSPS) is 23.4. The van der Waals surface area contributed by atoms with Crippen LogP contribution in [0.15, 0.2) is 0 Å². The van der Waals surface area contributed by atoms with Crippen molar-refractivity contribution in [1.29, 1.82) is 0 Å². The molecule has 2 N–H and O–H groups in total. The van der Waals surface area contributed by atoms with E-state index in [4.69, 9.17) is 9.47 Å². The monoisotopic (exact) mass is 338 g/mol. The van der Waals surface area contributed by atoms with Gasteiger partial charge in [0.15, 0.2) is 0 Å². The van der Waals surface area contributed by atoms with Crippen molar-refractivity contribution >= 4 is 47.0 Å². The summed E-state index contributed by atoms with van der Waals surface area (Å²) >= 11 is 0.983. The molecule has 0 radical (unpaired) electrons. The summed E-state index contributed by atoms with van der Waals surface area (Å²) in [6.45, 7) is 2.35. The molecule has 1 rings (SSSR count). The van der Waals surface area contributed by atoms with Gasteiger partial charge in [-0.2, -0.15) is 0 Å². The Morgan fingerprint density at radius 2 is 1.24 bits per heavy atom. The van der Waals surface area contributed by atoms with Crippen LogP contribution >= 0.6 is 23.5 Å². The number of esters is 2. The summed E-state index contributed by atoms with van der Waals surface area (Å²) in [4.78, 5) is 44.8. The van der Waals surface area contributed by atoms with Gasteiger partial charge in [0.05, 0.1) is 0 Å². The van der Waals surface area contributed by atoms with Gasteiger partial charge >= 0.3 is 16.4 Å². The average Bonchev–Trinajstić information content (AvgIpc) is 2.50. The van der Waals surface area contributed by atoms with E-state index < -0.39 is 51.7 Å². The van der Waals surface area contributed by atoms with Gasteiger partial charge < -0.3 is 19.7 Å². The van der Waals surface area contributed by atoms with Crippen molar-refractivity contribution in [2.24, 2.45) is 0 Å². The SMILES string of the molecule is CC(=O)CC(=O)OC1(OC(=O)CC(C)=O)SC(O)C(O)S1. The third-order valence-electron chi connectivity index (χ3n) is 2.04. The largest absolute Gasteiger partial charge is 0.403 e. The number of carbonyl (C=O) groups excluding carboxylic acids is 4. The molecule has 1 fully saturated rings. The van der Waals surface area contributed by atoms with E-state index in [1.54, 1.807) is 0 Å². The van der Waals surface area contributed by atoms with E-state index in [1.165, 1.54) is 13.8 Å². The van der Waals surface area contributed by atoms with Crippen LogP contribution in [0.1, 0.15) is 26.7 Å². The maximum absolute atomic E-state index is 11.5. The third-order valence-corrected chi connectivity index (χ3v) is 4.70. The number of hydrogen-bond acceptors (Lipinski definition) is 10. The first-order chi connectivity index (χ1) is 9.63. The van der Waals surface area contributed by atoms with Crippen LogP contribution in [0.4, 0.5) is 0 Å². The van der Waals surface area contributed by atoms with E-state index in [0.717, 1.165) is 0 Å². The van der Waals surface area contributed by atoms with E-state index in [0.29, 0.717) is 23.5 Å². The standard InChI is InChI=1S/C11H14O8S2/c1-5(12)3-7(14)18-11(19-8(15)4-6(2)13)20-9(16)10(17)21-11/h9-10,16-17H,3-4H2,1-2H3. The Labute approximate surface area is 128 Å². The molecule has 8 nitrogen and oxygen atoms in total. The van der Waals surface area contributed by atoms with Gasteiger partial charge in [-0.05, 0) is 37.4 Å². The van der Waals surface area contributed by atoms with Gasteiger partial charge in [-0.1, -0.05) is 0 Å². The molecule has 0 saturated carbocycles. The zero-order valence-corrected chi connectivity index (χ0v) is 12.9. The van der Waals surface area contributed by atoms with Gasteiger partial charge in [0.25, 0.3) is 0 Å². The summed E-state index contributed by atoms with van der Waals surface area (Å²) in [5.74, 6) is -2.86. The fraction of sp³-hybridized carbons (Fsp3) is 0.636. The van der Waals surface area contributed by atoms with Crippen LogP contribution < -0.4 is 0 Å². The lowest BCUT2D eigenvalue weighted by Gasteiger charge is -2.25. The minimum atomic E-state index is -2.02. The molecule has 1 aliphatic heterocycles. The van der Waals surface area contributed by atoms with Gasteiger partial charge in [-0.3, -0.25) is 19.2 Å². The Bertz CT molecular complexity index is 421. The number of ketones is 2. The molecule has 10 heteroatoms. The van der Waals surface area contributed by atoms with E-state index >= 15 is 0 Å². The van der Waals surface area contributed by atoms with Crippen molar-refractivity contribution in [1.82, 2.24) is 0 Å². The molecule has 0 aliphatic carbocycles. The van der Waals surface area contributed by atoms with Crippen LogP contribution in [0.3, 0.4) is 0 Å². The first-order valence-electron chi connectivity index (χ1n) is 5.78. The lowest BCUT2D eigenvalue weighted by Crippen LogP contribution is -2.33. The van der Waals surface area contributed by atoms with E-state index in [1.807, 2.05) is 0 Å². The highest BCUT2D eigenvalue weighted by atomic mass is 32.2. The molecule has 1 aliphatic rings. The van der Waals surface area contributed by atoms with Gasteiger partial charge in [0.2, 0.25) is 0 Å². The Balaban J connectivity index is 2.81. The highest BCUT2D eigenvalue weighted by Crippen LogP contribution is 2.52. The molecule has 0 aromatic rings. The first kappa shape index (κ1) is 18.0. The Morgan fingerprint density at radius 3 is 1.52 bits per heavy atom. The first-order valence-corrected chi connectivity index (χ1v) is 7.54. The second-order valence-electron chi connectivity index (χ2n) is 4.22. The van der Waals surface area contributed by atoms with Crippen LogP contribution in [0, 0.1) is 0 Å². The summed E-state index contributed by atoms with van der Waals surface area (Å²) in [7, 11) is 0. The molecule has 21 heavy (non-hydrogen) atoms. The van der Waals surface area contributed by atoms with Gasteiger partial charge in [0, 0.05) is 0 Å². The zero-order chi connectivity index (χ0) is 16.2. The number of Topliss-reactive ketones (excluding diaryl/α,β-unsaturated/α-hetero) is 2. The molecule has 0 amide bonds. The van der Waals surface area contributed by atoms with Crippen molar-refractivity contribution in [2.75, 3.05) is 0 Å². The Hall–Kier alpha value is -1.10. The van der Waals surface area contributed by atoms with Crippen molar-refractivity contribution in [3.8, 4) is 0 Å². The second kappa shape index (κ2) is 7.25. The molecule has 118 valence electrons. The quantitative estimate of drug-likeness (QED) is 0.380. The van der Waals surface area contributed by atoms with Gasteiger partial charge in [-0.25, -0.2) is 0 Å². The summed E-state index contributed by atoms with van der Waals surface area (Å²) in [6, 6.07) is 0. The summed E-state index contributed by atoms with van der Waals surface area (Å²) in [5, 5.41) is 19.0. The maximum Gasteiger partial charge on any atom is 0.363 e. The lowest BCUT2D eigenvalue weighted by molar-refractivity contribution is -0.178. The Kier molecular flexibility index (Phi) is 6.20. The molecule has 0 bridgehead atoms. The van der Waals surface area contributed by atoms with Crippen molar-refractivity contribution in [2.45, 2.75) is 42.0 Å². The molecule has 0 spiro atoms. The van der Waals surface area contributed by atoms with Crippen LogP contribution in [0.2, 0.25) is 0 Å². The minimum absolute atomic E-state index is 0.459.